The summed E-state index contributed by atoms with van der Waals surface area (Å²) < 4.78 is 28.1. The number of aryl methyl sites for hydroxylation is 1. The van der Waals surface area contributed by atoms with Crippen LogP contribution in [0.3, 0.4) is 0 Å². The van der Waals surface area contributed by atoms with E-state index < -0.39 is 11.6 Å². The highest BCUT2D eigenvalue weighted by Crippen LogP contribution is 2.41. The number of thiophene rings is 1. The first kappa shape index (κ1) is 13.5. The van der Waals surface area contributed by atoms with Crippen molar-refractivity contribution in [1.29, 1.82) is 5.26 Å². The normalized spacial score (nSPS) is 10.5. The second-order valence-electron chi connectivity index (χ2n) is 4.17. The number of benzene rings is 1. The molecule has 1 heterocycles. The van der Waals surface area contributed by atoms with Crippen molar-refractivity contribution in [3.05, 3.63) is 39.8 Å². The van der Waals surface area contributed by atoms with Gasteiger partial charge in [-0.2, -0.15) is 5.26 Å². The molecule has 0 bridgehead atoms. The van der Waals surface area contributed by atoms with E-state index in [1.807, 2.05) is 13.0 Å². The van der Waals surface area contributed by atoms with E-state index in [1.54, 1.807) is 6.92 Å². The van der Waals surface area contributed by atoms with Crippen LogP contribution in [0.5, 0.6) is 0 Å². The van der Waals surface area contributed by atoms with Gasteiger partial charge in [-0.15, -0.1) is 11.3 Å². The SMILES string of the molecule is CCc1c(-c2c(F)ccc(C)c2F)sc(C#N)c1N. The standard InChI is InChI=1S/C14H12F2N2S/c1-3-8-13(18)10(6-17)19-14(8)11-9(15)5-4-7(2)12(11)16/h4-5H,3,18H2,1-2H3. The third kappa shape index (κ3) is 2.08. The lowest BCUT2D eigenvalue weighted by Gasteiger charge is -2.07. The van der Waals surface area contributed by atoms with Gasteiger partial charge in [-0.1, -0.05) is 13.0 Å². The molecule has 19 heavy (non-hydrogen) atoms. The number of halogens is 2. The van der Waals surface area contributed by atoms with Crippen molar-refractivity contribution < 1.29 is 8.78 Å². The van der Waals surface area contributed by atoms with Crippen molar-refractivity contribution in [3.8, 4) is 16.5 Å². The van der Waals surface area contributed by atoms with E-state index in [1.165, 1.54) is 12.1 Å². The molecule has 98 valence electrons. The van der Waals surface area contributed by atoms with Gasteiger partial charge in [0.05, 0.1) is 11.3 Å². The molecule has 0 aliphatic heterocycles. The van der Waals surface area contributed by atoms with Gasteiger partial charge in [0.15, 0.2) is 0 Å². The highest BCUT2D eigenvalue weighted by Gasteiger charge is 2.22. The van der Waals surface area contributed by atoms with Gasteiger partial charge in [0, 0.05) is 4.88 Å². The number of nitrogens with two attached hydrogens (primary N) is 1. The van der Waals surface area contributed by atoms with Crippen LogP contribution >= 0.6 is 11.3 Å². The Labute approximate surface area is 114 Å². The van der Waals surface area contributed by atoms with Crippen LogP contribution in [0.25, 0.3) is 10.4 Å². The zero-order valence-electron chi connectivity index (χ0n) is 10.6. The van der Waals surface area contributed by atoms with Gasteiger partial charge in [-0.25, -0.2) is 8.78 Å². The van der Waals surface area contributed by atoms with Gasteiger partial charge in [0.25, 0.3) is 0 Å². The maximum Gasteiger partial charge on any atom is 0.137 e. The molecule has 0 amide bonds. The van der Waals surface area contributed by atoms with Crippen LogP contribution in [0.2, 0.25) is 0 Å². The molecule has 0 fully saturated rings. The monoisotopic (exact) mass is 278 g/mol. The predicted octanol–water partition coefficient (Wildman–Crippen LogP) is 4.02. The minimum absolute atomic E-state index is 0.0879. The third-order valence-corrected chi connectivity index (χ3v) is 4.18. The largest absolute Gasteiger partial charge is 0.397 e. The van der Waals surface area contributed by atoms with Crippen molar-refractivity contribution in [1.82, 2.24) is 0 Å². The van der Waals surface area contributed by atoms with E-state index in [0.717, 1.165) is 11.3 Å². The second-order valence-corrected chi connectivity index (χ2v) is 5.19. The number of rotatable bonds is 2. The van der Waals surface area contributed by atoms with Gasteiger partial charge >= 0.3 is 0 Å². The van der Waals surface area contributed by atoms with E-state index in [-0.39, 0.29) is 5.56 Å². The van der Waals surface area contributed by atoms with Gasteiger partial charge in [0.1, 0.15) is 22.6 Å². The summed E-state index contributed by atoms with van der Waals surface area (Å²) in [6.07, 6.45) is 0.520. The number of anilines is 1. The minimum Gasteiger partial charge on any atom is -0.397 e. The van der Waals surface area contributed by atoms with Crippen molar-refractivity contribution in [2.75, 3.05) is 5.73 Å². The van der Waals surface area contributed by atoms with Crippen LogP contribution in [0.1, 0.15) is 22.9 Å². The van der Waals surface area contributed by atoms with Crippen LogP contribution in [0, 0.1) is 29.9 Å². The molecule has 0 saturated heterocycles. The summed E-state index contributed by atoms with van der Waals surface area (Å²) in [4.78, 5) is 0.711. The highest BCUT2D eigenvalue weighted by molar-refractivity contribution is 7.16. The minimum atomic E-state index is -0.636. The van der Waals surface area contributed by atoms with E-state index in [2.05, 4.69) is 0 Å². The Bertz CT molecular complexity index is 684. The fourth-order valence-electron chi connectivity index (χ4n) is 1.98. The number of nitrogens with zero attached hydrogens (tertiary/aromatic N) is 1. The molecule has 0 atom stereocenters. The lowest BCUT2D eigenvalue weighted by atomic mass is 10.0. The van der Waals surface area contributed by atoms with Crippen molar-refractivity contribution in [2.24, 2.45) is 0 Å². The van der Waals surface area contributed by atoms with Crippen molar-refractivity contribution >= 4 is 17.0 Å². The average Bonchev–Trinajstić information content (AvgIpc) is 2.71. The molecule has 0 radical (unpaired) electrons. The van der Waals surface area contributed by atoms with E-state index in [4.69, 9.17) is 11.0 Å². The highest BCUT2D eigenvalue weighted by atomic mass is 32.1. The topological polar surface area (TPSA) is 49.8 Å². The Morgan fingerprint density at radius 2 is 2.05 bits per heavy atom. The number of hydrogen-bond acceptors (Lipinski definition) is 3. The molecule has 0 aliphatic carbocycles. The molecular weight excluding hydrogens is 266 g/mol. The molecular formula is C14H12F2N2S. The smallest absolute Gasteiger partial charge is 0.137 e. The van der Waals surface area contributed by atoms with Crippen molar-refractivity contribution in [2.45, 2.75) is 20.3 Å². The first-order chi connectivity index (χ1) is 9.01. The van der Waals surface area contributed by atoms with Crippen LogP contribution in [0.15, 0.2) is 12.1 Å². The van der Waals surface area contributed by atoms with Crippen LogP contribution < -0.4 is 5.73 Å². The summed E-state index contributed by atoms with van der Waals surface area (Å²) in [6, 6.07) is 4.58. The summed E-state index contributed by atoms with van der Waals surface area (Å²) in [7, 11) is 0. The average molecular weight is 278 g/mol. The van der Waals surface area contributed by atoms with Crippen LogP contribution in [-0.4, -0.2) is 0 Å². The summed E-state index contributed by atoms with van der Waals surface area (Å²) in [5.74, 6) is -1.23. The number of nitriles is 1. The zero-order valence-corrected chi connectivity index (χ0v) is 11.4. The molecule has 2 nitrogen and oxygen atoms in total. The van der Waals surface area contributed by atoms with Gasteiger partial charge in [-0.3, -0.25) is 0 Å². The maximum absolute atomic E-state index is 14.2. The molecule has 0 saturated carbocycles. The summed E-state index contributed by atoms with van der Waals surface area (Å²) in [5.41, 5.74) is 7.07. The Morgan fingerprint density at radius 1 is 1.37 bits per heavy atom. The molecule has 2 rings (SSSR count). The zero-order chi connectivity index (χ0) is 14.2. The van der Waals surface area contributed by atoms with Gasteiger partial charge < -0.3 is 5.73 Å². The predicted molar refractivity (Wildman–Crippen MR) is 72.9 cm³/mol. The molecule has 0 spiro atoms. The molecule has 0 unspecified atom stereocenters. The fraction of sp³-hybridized carbons (Fsp3) is 0.214. The molecule has 1 aromatic carbocycles. The van der Waals surface area contributed by atoms with Gasteiger partial charge in [0.2, 0.25) is 0 Å². The van der Waals surface area contributed by atoms with E-state index in [0.29, 0.717) is 33.0 Å². The Hall–Kier alpha value is -1.93. The molecule has 2 N–H and O–H groups in total. The number of hydrogen-bond donors (Lipinski definition) is 1. The third-order valence-electron chi connectivity index (χ3n) is 3.01. The Balaban J connectivity index is 2.80. The molecule has 2 aromatic rings. The van der Waals surface area contributed by atoms with Gasteiger partial charge in [-0.05, 0) is 30.5 Å². The lowest BCUT2D eigenvalue weighted by Crippen LogP contribution is -1.96. The number of nitrogen functional groups attached to an aromatic ring is 1. The Kier molecular flexibility index (Phi) is 3.54. The molecule has 0 aliphatic rings. The first-order valence-corrected chi connectivity index (χ1v) is 6.59. The summed E-state index contributed by atoms with van der Waals surface area (Å²) in [5, 5.41) is 8.98. The maximum atomic E-state index is 14.2. The quantitative estimate of drug-likeness (QED) is 0.902. The lowest BCUT2D eigenvalue weighted by molar-refractivity contribution is 0.584. The fourth-order valence-corrected chi connectivity index (χ4v) is 3.13. The molecule has 5 heteroatoms. The van der Waals surface area contributed by atoms with Crippen molar-refractivity contribution in [3.63, 3.8) is 0 Å². The van der Waals surface area contributed by atoms with Crippen LogP contribution in [0.4, 0.5) is 14.5 Å². The summed E-state index contributed by atoms with van der Waals surface area (Å²) >= 11 is 1.03. The van der Waals surface area contributed by atoms with E-state index in [9.17, 15) is 8.78 Å². The first-order valence-electron chi connectivity index (χ1n) is 5.77. The van der Waals surface area contributed by atoms with E-state index >= 15 is 0 Å². The summed E-state index contributed by atoms with van der Waals surface area (Å²) in [6.45, 7) is 3.42. The second kappa shape index (κ2) is 4.98. The Morgan fingerprint density at radius 3 is 2.63 bits per heavy atom. The van der Waals surface area contributed by atoms with Crippen LogP contribution in [-0.2, 0) is 6.42 Å². The molecule has 1 aromatic heterocycles.